The molecule has 2 aliphatic rings. The molecule has 0 spiro atoms. The van der Waals surface area contributed by atoms with Crippen LogP contribution in [-0.4, -0.2) is 52.7 Å². The second kappa shape index (κ2) is 6.71. The van der Waals surface area contributed by atoms with E-state index in [1.807, 2.05) is 18.3 Å². The Labute approximate surface area is 148 Å². The van der Waals surface area contributed by atoms with Crippen LogP contribution in [0.4, 0.5) is 5.69 Å². The molecule has 25 heavy (non-hydrogen) atoms. The minimum atomic E-state index is -0.796. The van der Waals surface area contributed by atoms with Gasteiger partial charge in [0.2, 0.25) is 0 Å². The van der Waals surface area contributed by atoms with Gasteiger partial charge in [-0.25, -0.2) is 9.97 Å². The maximum atomic E-state index is 10.8. The number of hydrogen-bond donors (Lipinski definition) is 2. The molecule has 2 atom stereocenters. The zero-order valence-electron chi connectivity index (χ0n) is 14.8. The number of piperazine rings is 1. The van der Waals surface area contributed by atoms with Crippen LogP contribution in [0.2, 0.25) is 0 Å². The Morgan fingerprint density at radius 3 is 3.00 bits per heavy atom. The average Bonchev–Trinajstić information content (AvgIpc) is 3.11. The lowest BCUT2D eigenvalue weighted by molar-refractivity contribution is 0.209. The van der Waals surface area contributed by atoms with Gasteiger partial charge < -0.3 is 20.2 Å². The van der Waals surface area contributed by atoms with Crippen molar-refractivity contribution in [1.29, 1.82) is 0 Å². The van der Waals surface area contributed by atoms with E-state index in [1.165, 1.54) is 0 Å². The maximum Gasteiger partial charge on any atom is 0.161 e. The molecule has 0 aliphatic carbocycles. The van der Waals surface area contributed by atoms with Crippen LogP contribution in [-0.2, 0) is 13.1 Å². The van der Waals surface area contributed by atoms with E-state index in [1.54, 1.807) is 0 Å². The molecule has 2 N–H and O–H groups in total. The molecule has 4 rings (SSSR count). The standard InChI is InChI=1S/C19H25N5O/c1-13-12-24(7-6-23(13)2)16-5-3-4-14(8-16)18(25)19-21-10-15-9-20-11-17(15)22-19/h3-5,8,10,13,18,20,25H,6-7,9,11-12H2,1-2H3. The third kappa shape index (κ3) is 3.25. The Bertz CT molecular complexity index is 765. The quantitative estimate of drug-likeness (QED) is 0.879. The monoisotopic (exact) mass is 339 g/mol. The fourth-order valence-corrected chi connectivity index (χ4v) is 3.53. The van der Waals surface area contributed by atoms with Gasteiger partial charge in [0.1, 0.15) is 6.10 Å². The number of hydrogen-bond acceptors (Lipinski definition) is 6. The molecule has 1 fully saturated rings. The Balaban J connectivity index is 1.56. The van der Waals surface area contributed by atoms with Crippen molar-refractivity contribution >= 4 is 5.69 Å². The highest BCUT2D eigenvalue weighted by Gasteiger charge is 2.23. The molecule has 0 saturated carbocycles. The number of nitrogens with zero attached hydrogens (tertiary/aromatic N) is 4. The number of aliphatic hydroxyl groups is 1. The Morgan fingerprint density at radius 2 is 2.16 bits per heavy atom. The number of benzene rings is 1. The van der Waals surface area contributed by atoms with E-state index in [9.17, 15) is 5.11 Å². The molecular formula is C19H25N5O. The fraction of sp³-hybridized carbons (Fsp3) is 0.474. The summed E-state index contributed by atoms with van der Waals surface area (Å²) in [7, 11) is 2.17. The Kier molecular flexibility index (Phi) is 4.41. The molecule has 1 aromatic carbocycles. The predicted octanol–water partition coefficient (Wildman–Crippen LogP) is 1.30. The van der Waals surface area contributed by atoms with Crippen molar-refractivity contribution < 1.29 is 5.11 Å². The number of likely N-dealkylation sites (N-methyl/N-ethyl adjacent to an activating group) is 1. The number of nitrogens with one attached hydrogen (secondary N) is 1. The van der Waals surface area contributed by atoms with Gasteiger partial charge in [-0.15, -0.1) is 0 Å². The van der Waals surface area contributed by atoms with Crippen molar-refractivity contribution in [2.24, 2.45) is 0 Å². The van der Waals surface area contributed by atoms with Crippen LogP contribution >= 0.6 is 0 Å². The summed E-state index contributed by atoms with van der Waals surface area (Å²) in [5.74, 6) is 0.478. The van der Waals surface area contributed by atoms with Gasteiger partial charge in [0.15, 0.2) is 5.82 Å². The molecule has 0 bridgehead atoms. The summed E-state index contributed by atoms with van der Waals surface area (Å²) in [6, 6.07) is 8.66. The van der Waals surface area contributed by atoms with Crippen molar-refractivity contribution in [2.75, 3.05) is 31.6 Å². The van der Waals surface area contributed by atoms with E-state index in [0.29, 0.717) is 11.9 Å². The van der Waals surface area contributed by atoms with Gasteiger partial charge in [-0.1, -0.05) is 12.1 Å². The molecule has 3 heterocycles. The number of anilines is 1. The maximum absolute atomic E-state index is 10.8. The topological polar surface area (TPSA) is 64.5 Å². The van der Waals surface area contributed by atoms with Gasteiger partial charge in [-0.2, -0.15) is 0 Å². The normalized spacial score (nSPS) is 22.0. The van der Waals surface area contributed by atoms with Crippen LogP contribution in [0.1, 0.15) is 35.7 Å². The fourth-order valence-electron chi connectivity index (χ4n) is 3.53. The summed E-state index contributed by atoms with van der Waals surface area (Å²) in [5, 5.41) is 14.0. The van der Waals surface area contributed by atoms with Gasteiger partial charge in [0, 0.05) is 56.2 Å². The zero-order valence-corrected chi connectivity index (χ0v) is 14.8. The summed E-state index contributed by atoms with van der Waals surface area (Å²) in [5.41, 5.74) is 4.11. The van der Waals surface area contributed by atoms with Crippen molar-refractivity contribution in [3.05, 3.63) is 53.1 Å². The minimum Gasteiger partial charge on any atom is -0.380 e. The third-order valence-electron chi connectivity index (χ3n) is 5.34. The first-order valence-corrected chi connectivity index (χ1v) is 8.90. The minimum absolute atomic E-state index is 0.478. The summed E-state index contributed by atoms with van der Waals surface area (Å²) < 4.78 is 0. The number of aromatic nitrogens is 2. The average molecular weight is 339 g/mol. The molecule has 0 radical (unpaired) electrons. The van der Waals surface area contributed by atoms with E-state index >= 15 is 0 Å². The molecule has 0 amide bonds. The molecule has 2 aromatic rings. The van der Waals surface area contributed by atoms with Crippen LogP contribution in [0.15, 0.2) is 30.5 Å². The highest BCUT2D eigenvalue weighted by Crippen LogP contribution is 2.26. The first-order valence-electron chi connectivity index (χ1n) is 8.90. The number of rotatable bonds is 3. The summed E-state index contributed by atoms with van der Waals surface area (Å²) in [4.78, 5) is 13.7. The van der Waals surface area contributed by atoms with Crippen LogP contribution in [0, 0.1) is 0 Å². The lowest BCUT2D eigenvalue weighted by Gasteiger charge is -2.39. The zero-order chi connectivity index (χ0) is 17.4. The number of aliphatic hydroxyl groups excluding tert-OH is 1. The second-order valence-electron chi connectivity index (χ2n) is 7.08. The highest BCUT2D eigenvalue weighted by molar-refractivity contribution is 5.50. The molecule has 6 nitrogen and oxygen atoms in total. The largest absolute Gasteiger partial charge is 0.380 e. The van der Waals surface area contributed by atoms with E-state index in [0.717, 1.165) is 55.2 Å². The molecule has 2 aliphatic heterocycles. The van der Waals surface area contributed by atoms with Crippen LogP contribution in [0.3, 0.4) is 0 Å². The molecule has 6 heteroatoms. The van der Waals surface area contributed by atoms with E-state index in [4.69, 9.17) is 0 Å². The molecular weight excluding hydrogens is 314 g/mol. The molecule has 1 aromatic heterocycles. The summed E-state index contributed by atoms with van der Waals surface area (Å²) in [6.45, 7) is 6.85. The van der Waals surface area contributed by atoms with Crippen molar-refractivity contribution in [2.45, 2.75) is 32.2 Å². The lowest BCUT2D eigenvalue weighted by atomic mass is 10.1. The Morgan fingerprint density at radius 1 is 1.28 bits per heavy atom. The first kappa shape index (κ1) is 16.4. The van der Waals surface area contributed by atoms with Crippen molar-refractivity contribution in [3.8, 4) is 0 Å². The van der Waals surface area contributed by atoms with Gasteiger partial charge in [0.25, 0.3) is 0 Å². The van der Waals surface area contributed by atoms with E-state index in [-0.39, 0.29) is 0 Å². The SMILES string of the molecule is CC1CN(c2cccc(C(O)c3ncc4c(n3)CNC4)c2)CCN1C. The van der Waals surface area contributed by atoms with E-state index < -0.39 is 6.10 Å². The second-order valence-corrected chi connectivity index (χ2v) is 7.08. The van der Waals surface area contributed by atoms with Gasteiger partial charge in [-0.05, 0) is 31.7 Å². The van der Waals surface area contributed by atoms with Crippen LogP contribution < -0.4 is 10.2 Å². The Hall–Kier alpha value is -2.02. The lowest BCUT2D eigenvalue weighted by Crippen LogP contribution is -2.50. The molecule has 2 unspecified atom stereocenters. The van der Waals surface area contributed by atoms with Gasteiger partial charge in [0.05, 0.1) is 5.69 Å². The predicted molar refractivity (Wildman–Crippen MR) is 97.4 cm³/mol. The van der Waals surface area contributed by atoms with E-state index in [2.05, 4.69) is 51.2 Å². The summed E-state index contributed by atoms with van der Waals surface area (Å²) >= 11 is 0. The van der Waals surface area contributed by atoms with Gasteiger partial charge >= 0.3 is 0 Å². The summed E-state index contributed by atoms with van der Waals surface area (Å²) in [6.07, 6.45) is 1.03. The number of fused-ring (bicyclic) bond motifs is 1. The van der Waals surface area contributed by atoms with Crippen LogP contribution in [0.5, 0.6) is 0 Å². The van der Waals surface area contributed by atoms with Crippen LogP contribution in [0.25, 0.3) is 0 Å². The smallest absolute Gasteiger partial charge is 0.161 e. The molecule has 132 valence electrons. The van der Waals surface area contributed by atoms with Gasteiger partial charge in [-0.3, -0.25) is 0 Å². The third-order valence-corrected chi connectivity index (χ3v) is 5.34. The van der Waals surface area contributed by atoms with Crippen molar-refractivity contribution in [3.63, 3.8) is 0 Å². The highest BCUT2D eigenvalue weighted by atomic mass is 16.3. The van der Waals surface area contributed by atoms with Crippen molar-refractivity contribution in [1.82, 2.24) is 20.2 Å². The first-order chi connectivity index (χ1) is 12.1. The molecule has 1 saturated heterocycles.